The van der Waals surface area contributed by atoms with Crippen LogP contribution in [0.15, 0.2) is 24.3 Å². The van der Waals surface area contributed by atoms with Crippen LogP contribution in [0.25, 0.3) is 0 Å². The lowest BCUT2D eigenvalue weighted by atomic mass is 9.92. The number of amides is 1. The lowest BCUT2D eigenvalue weighted by molar-refractivity contribution is -0.134. The highest BCUT2D eigenvalue weighted by Crippen LogP contribution is 2.23. The number of benzene rings is 1. The fourth-order valence-corrected chi connectivity index (χ4v) is 3.99. The Morgan fingerprint density at radius 2 is 1.70 bits per heavy atom. The van der Waals surface area contributed by atoms with Crippen LogP contribution in [-0.4, -0.2) is 66.4 Å². The standard InChI is InChI=1S/C20H32N4O.2ClH/c1-2-22-10-12-24(13-11-22)20(25)15-17-6-8-23(9-7-17)16-18-4-3-5-19(21)14-18;;/h3-5,14,17H,2,6-13,15-16,21H2,1H3;2*1H. The zero-order valence-electron chi connectivity index (χ0n) is 16.3. The molecule has 2 aliphatic rings. The summed E-state index contributed by atoms with van der Waals surface area (Å²) in [6.07, 6.45) is 2.99. The number of nitrogens with zero attached hydrogens (tertiary/aromatic N) is 3. The van der Waals surface area contributed by atoms with Crippen LogP contribution in [-0.2, 0) is 11.3 Å². The van der Waals surface area contributed by atoms with Gasteiger partial charge in [-0.15, -0.1) is 24.8 Å². The van der Waals surface area contributed by atoms with Crippen LogP contribution in [0.5, 0.6) is 0 Å². The van der Waals surface area contributed by atoms with E-state index in [0.717, 1.165) is 77.3 Å². The predicted octanol–water partition coefficient (Wildman–Crippen LogP) is 2.88. The van der Waals surface area contributed by atoms with E-state index in [-0.39, 0.29) is 24.8 Å². The van der Waals surface area contributed by atoms with E-state index in [4.69, 9.17) is 5.73 Å². The Balaban J connectivity index is 0.00000182. The minimum atomic E-state index is 0. The van der Waals surface area contributed by atoms with Crippen LogP contribution < -0.4 is 5.73 Å². The molecule has 2 aliphatic heterocycles. The number of halogens is 2. The fourth-order valence-electron chi connectivity index (χ4n) is 3.99. The first-order chi connectivity index (χ1) is 12.1. The molecule has 0 spiro atoms. The molecule has 0 unspecified atom stereocenters. The number of piperazine rings is 1. The first-order valence-corrected chi connectivity index (χ1v) is 9.71. The molecule has 1 aromatic carbocycles. The highest BCUT2D eigenvalue weighted by atomic mass is 35.5. The van der Waals surface area contributed by atoms with Crippen LogP contribution in [0.1, 0.15) is 31.7 Å². The Morgan fingerprint density at radius 3 is 2.30 bits per heavy atom. The second-order valence-electron chi connectivity index (χ2n) is 7.48. The lowest BCUT2D eigenvalue weighted by Gasteiger charge is -2.36. The molecule has 1 amide bonds. The van der Waals surface area contributed by atoms with Gasteiger partial charge in [0.05, 0.1) is 0 Å². The van der Waals surface area contributed by atoms with E-state index in [2.05, 4.69) is 33.8 Å². The molecule has 154 valence electrons. The molecule has 27 heavy (non-hydrogen) atoms. The van der Waals surface area contributed by atoms with Crippen LogP contribution in [0.4, 0.5) is 5.69 Å². The smallest absolute Gasteiger partial charge is 0.222 e. The number of carbonyl (C=O) groups excluding carboxylic acids is 1. The topological polar surface area (TPSA) is 52.8 Å². The number of piperidine rings is 1. The average molecular weight is 417 g/mol. The Hall–Kier alpha value is -1.01. The number of nitrogen functional groups attached to an aromatic ring is 1. The molecule has 2 heterocycles. The van der Waals surface area contributed by atoms with Crippen molar-refractivity contribution in [2.75, 3.05) is 51.5 Å². The molecule has 0 aliphatic carbocycles. The maximum Gasteiger partial charge on any atom is 0.222 e. The third-order valence-corrected chi connectivity index (χ3v) is 5.70. The van der Waals surface area contributed by atoms with Crippen molar-refractivity contribution in [3.8, 4) is 0 Å². The van der Waals surface area contributed by atoms with E-state index < -0.39 is 0 Å². The number of hydrogen-bond acceptors (Lipinski definition) is 4. The van der Waals surface area contributed by atoms with Gasteiger partial charge in [0.15, 0.2) is 0 Å². The Kier molecular flexibility index (Phi) is 10.5. The second kappa shape index (κ2) is 11.7. The Labute approximate surface area is 176 Å². The lowest BCUT2D eigenvalue weighted by Crippen LogP contribution is -2.49. The van der Waals surface area contributed by atoms with Gasteiger partial charge in [-0.25, -0.2) is 0 Å². The number of rotatable bonds is 5. The van der Waals surface area contributed by atoms with Crippen molar-refractivity contribution in [2.45, 2.75) is 32.7 Å². The largest absolute Gasteiger partial charge is 0.399 e. The number of hydrogen-bond donors (Lipinski definition) is 1. The van der Waals surface area contributed by atoms with Crippen LogP contribution >= 0.6 is 24.8 Å². The molecule has 7 heteroatoms. The van der Waals surface area contributed by atoms with Gasteiger partial charge in [-0.3, -0.25) is 9.69 Å². The van der Waals surface area contributed by atoms with Gasteiger partial charge in [0.1, 0.15) is 0 Å². The predicted molar refractivity (Wildman–Crippen MR) is 117 cm³/mol. The van der Waals surface area contributed by atoms with E-state index in [1.165, 1.54) is 5.56 Å². The number of carbonyl (C=O) groups is 1. The SMILES string of the molecule is CCN1CCN(C(=O)CC2CCN(Cc3cccc(N)c3)CC2)CC1.Cl.Cl. The number of likely N-dealkylation sites (N-methyl/N-ethyl adjacent to an activating group) is 1. The van der Waals surface area contributed by atoms with Gasteiger partial charge in [0.25, 0.3) is 0 Å². The number of likely N-dealkylation sites (tertiary alicyclic amines) is 1. The summed E-state index contributed by atoms with van der Waals surface area (Å²) in [7, 11) is 0. The third-order valence-electron chi connectivity index (χ3n) is 5.70. The van der Waals surface area contributed by atoms with Gasteiger partial charge < -0.3 is 15.5 Å². The first-order valence-electron chi connectivity index (χ1n) is 9.71. The average Bonchev–Trinajstić information content (AvgIpc) is 2.63. The molecular weight excluding hydrogens is 383 g/mol. The zero-order valence-corrected chi connectivity index (χ0v) is 17.9. The van der Waals surface area contributed by atoms with Crippen LogP contribution in [0.3, 0.4) is 0 Å². The summed E-state index contributed by atoms with van der Waals surface area (Å²) in [6, 6.07) is 8.16. The molecule has 0 bridgehead atoms. The van der Waals surface area contributed by atoms with E-state index in [1.54, 1.807) is 0 Å². The quantitative estimate of drug-likeness (QED) is 0.749. The van der Waals surface area contributed by atoms with Crippen LogP contribution in [0.2, 0.25) is 0 Å². The second-order valence-corrected chi connectivity index (χ2v) is 7.48. The molecule has 3 rings (SSSR count). The van der Waals surface area contributed by atoms with E-state index in [9.17, 15) is 4.79 Å². The minimum Gasteiger partial charge on any atom is -0.399 e. The van der Waals surface area contributed by atoms with Gasteiger partial charge in [-0.1, -0.05) is 19.1 Å². The summed E-state index contributed by atoms with van der Waals surface area (Å²) < 4.78 is 0. The zero-order chi connectivity index (χ0) is 17.6. The van der Waals surface area contributed by atoms with Crippen molar-refractivity contribution in [3.63, 3.8) is 0 Å². The monoisotopic (exact) mass is 416 g/mol. The molecule has 5 nitrogen and oxygen atoms in total. The van der Waals surface area contributed by atoms with Crippen LogP contribution in [0, 0.1) is 5.92 Å². The normalized spacial score (nSPS) is 19.2. The van der Waals surface area contributed by atoms with Crippen molar-refractivity contribution in [1.29, 1.82) is 0 Å². The summed E-state index contributed by atoms with van der Waals surface area (Å²) in [5, 5.41) is 0. The maximum absolute atomic E-state index is 12.6. The van der Waals surface area contributed by atoms with Gasteiger partial charge in [0, 0.05) is 44.8 Å². The van der Waals surface area contributed by atoms with Gasteiger partial charge >= 0.3 is 0 Å². The summed E-state index contributed by atoms with van der Waals surface area (Å²) in [5.74, 6) is 0.916. The summed E-state index contributed by atoms with van der Waals surface area (Å²) >= 11 is 0. The molecule has 0 atom stereocenters. The summed E-state index contributed by atoms with van der Waals surface area (Å²) in [6.45, 7) is 10.3. The van der Waals surface area contributed by atoms with E-state index >= 15 is 0 Å². The Bertz CT molecular complexity index is 571. The highest BCUT2D eigenvalue weighted by molar-refractivity contribution is 5.85. The number of nitrogens with two attached hydrogens (primary N) is 1. The molecule has 2 fully saturated rings. The minimum absolute atomic E-state index is 0. The van der Waals surface area contributed by atoms with Crippen molar-refractivity contribution < 1.29 is 4.79 Å². The number of anilines is 1. The molecule has 2 saturated heterocycles. The molecule has 0 aromatic heterocycles. The third kappa shape index (κ3) is 7.15. The van der Waals surface area contributed by atoms with Gasteiger partial charge in [-0.05, 0) is 56.1 Å². The van der Waals surface area contributed by atoms with Gasteiger partial charge in [-0.2, -0.15) is 0 Å². The fraction of sp³-hybridized carbons (Fsp3) is 0.650. The summed E-state index contributed by atoms with van der Waals surface area (Å²) in [5.41, 5.74) is 7.98. The van der Waals surface area contributed by atoms with Crippen molar-refractivity contribution in [2.24, 2.45) is 5.92 Å². The summed E-state index contributed by atoms with van der Waals surface area (Å²) in [4.78, 5) is 19.5. The molecule has 0 saturated carbocycles. The molecule has 0 radical (unpaired) electrons. The van der Waals surface area contributed by atoms with Gasteiger partial charge in [0.2, 0.25) is 5.91 Å². The van der Waals surface area contributed by atoms with Crippen molar-refractivity contribution in [1.82, 2.24) is 14.7 Å². The molecule has 2 N–H and O–H groups in total. The van der Waals surface area contributed by atoms with E-state index in [1.807, 2.05) is 12.1 Å². The van der Waals surface area contributed by atoms with Crippen molar-refractivity contribution in [3.05, 3.63) is 29.8 Å². The highest BCUT2D eigenvalue weighted by Gasteiger charge is 2.25. The van der Waals surface area contributed by atoms with E-state index in [0.29, 0.717) is 11.8 Å². The molecular formula is C20H34Cl2N4O. The maximum atomic E-state index is 12.6. The first kappa shape index (κ1) is 24.0. The molecule has 1 aromatic rings. The van der Waals surface area contributed by atoms with Crippen molar-refractivity contribution >= 4 is 36.4 Å². The Morgan fingerprint density at radius 1 is 1.04 bits per heavy atom.